The summed E-state index contributed by atoms with van der Waals surface area (Å²) in [5, 5.41) is 9.46. The van der Waals surface area contributed by atoms with Gasteiger partial charge in [-0.25, -0.2) is 0 Å². The van der Waals surface area contributed by atoms with Gasteiger partial charge in [0.2, 0.25) is 0 Å². The third-order valence-corrected chi connectivity index (χ3v) is 2.26. The Labute approximate surface area is 98.5 Å². The van der Waals surface area contributed by atoms with Crippen molar-refractivity contribution in [1.82, 2.24) is 4.98 Å². The van der Waals surface area contributed by atoms with Crippen molar-refractivity contribution in [2.45, 2.75) is 6.61 Å². The van der Waals surface area contributed by atoms with Gasteiger partial charge in [-0.05, 0) is 18.2 Å². The normalized spacial score (nSPS) is 9.88. The molecule has 0 atom stereocenters. The van der Waals surface area contributed by atoms with Gasteiger partial charge in [-0.15, -0.1) is 0 Å². The van der Waals surface area contributed by atoms with Crippen LogP contribution in [0, 0.1) is 0 Å². The second-order valence-electron chi connectivity index (χ2n) is 3.49. The van der Waals surface area contributed by atoms with Crippen LogP contribution in [0.5, 0.6) is 11.5 Å². The van der Waals surface area contributed by atoms with E-state index >= 15 is 0 Å². The molecule has 2 aromatic rings. The number of aromatic hydroxyl groups is 1. The summed E-state index contributed by atoms with van der Waals surface area (Å²) in [4.78, 5) is 14.5. The maximum absolute atomic E-state index is 10.5. The summed E-state index contributed by atoms with van der Waals surface area (Å²) in [5.41, 5.74) is 1.19. The molecule has 0 bridgehead atoms. The van der Waals surface area contributed by atoms with Crippen molar-refractivity contribution in [2.24, 2.45) is 0 Å². The number of carbonyl (C=O) groups excluding carboxylic acids is 1. The Morgan fingerprint density at radius 1 is 1.35 bits per heavy atom. The Bertz CT molecular complexity index is 511. The molecule has 0 amide bonds. The van der Waals surface area contributed by atoms with E-state index in [2.05, 4.69) is 4.98 Å². The van der Waals surface area contributed by atoms with Gasteiger partial charge in [0.15, 0.2) is 6.29 Å². The standard InChI is InChI=1S/C13H11NO3/c15-8-11-3-4-12(6-13(11)16)17-9-10-2-1-5-14-7-10/h1-8,16H,9H2. The lowest BCUT2D eigenvalue weighted by Gasteiger charge is -2.06. The van der Waals surface area contributed by atoms with Crippen molar-refractivity contribution in [1.29, 1.82) is 0 Å². The van der Waals surface area contributed by atoms with Crippen LogP contribution >= 0.6 is 0 Å². The first kappa shape index (κ1) is 11.1. The minimum atomic E-state index is -0.0799. The molecule has 0 unspecified atom stereocenters. The van der Waals surface area contributed by atoms with Crippen molar-refractivity contribution in [3.63, 3.8) is 0 Å². The zero-order valence-electron chi connectivity index (χ0n) is 9.04. The van der Waals surface area contributed by atoms with Crippen molar-refractivity contribution >= 4 is 6.29 Å². The fraction of sp³-hybridized carbons (Fsp3) is 0.0769. The van der Waals surface area contributed by atoms with E-state index in [9.17, 15) is 9.90 Å². The first-order chi connectivity index (χ1) is 8.29. The van der Waals surface area contributed by atoms with E-state index in [0.717, 1.165) is 5.56 Å². The molecule has 1 N–H and O–H groups in total. The maximum Gasteiger partial charge on any atom is 0.153 e. The smallest absolute Gasteiger partial charge is 0.153 e. The van der Waals surface area contributed by atoms with E-state index in [-0.39, 0.29) is 11.3 Å². The SMILES string of the molecule is O=Cc1ccc(OCc2cccnc2)cc1O. The molecule has 1 heterocycles. The number of ether oxygens (including phenoxy) is 1. The van der Waals surface area contributed by atoms with Gasteiger partial charge in [0, 0.05) is 24.0 Å². The zero-order valence-corrected chi connectivity index (χ0v) is 9.04. The van der Waals surface area contributed by atoms with Crippen molar-refractivity contribution in [3.05, 3.63) is 53.9 Å². The minimum absolute atomic E-state index is 0.0799. The van der Waals surface area contributed by atoms with Gasteiger partial charge in [0.25, 0.3) is 0 Å². The summed E-state index contributed by atoms with van der Waals surface area (Å²) in [5.74, 6) is 0.431. The van der Waals surface area contributed by atoms with Crippen LogP contribution in [-0.4, -0.2) is 16.4 Å². The van der Waals surface area contributed by atoms with Gasteiger partial charge in [-0.1, -0.05) is 6.07 Å². The van der Waals surface area contributed by atoms with Crippen LogP contribution in [0.4, 0.5) is 0 Å². The number of pyridine rings is 1. The highest BCUT2D eigenvalue weighted by atomic mass is 16.5. The molecule has 4 nitrogen and oxygen atoms in total. The number of hydrogen-bond acceptors (Lipinski definition) is 4. The fourth-order valence-corrected chi connectivity index (χ4v) is 1.36. The van der Waals surface area contributed by atoms with Gasteiger partial charge < -0.3 is 9.84 Å². The lowest BCUT2D eigenvalue weighted by molar-refractivity contribution is 0.112. The van der Waals surface area contributed by atoms with Gasteiger partial charge in [-0.2, -0.15) is 0 Å². The Balaban J connectivity index is 2.05. The predicted molar refractivity (Wildman–Crippen MR) is 62.1 cm³/mol. The molecule has 1 aromatic carbocycles. The third-order valence-electron chi connectivity index (χ3n) is 2.26. The van der Waals surface area contributed by atoms with E-state index in [1.165, 1.54) is 12.1 Å². The second kappa shape index (κ2) is 5.12. The van der Waals surface area contributed by atoms with E-state index < -0.39 is 0 Å². The average molecular weight is 229 g/mol. The average Bonchev–Trinajstić information content (AvgIpc) is 2.38. The number of carbonyl (C=O) groups is 1. The van der Waals surface area contributed by atoms with Crippen LogP contribution < -0.4 is 4.74 Å². The Morgan fingerprint density at radius 3 is 2.88 bits per heavy atom. The Kier molecular flexibility index (Phi) is 3.35. The maximum atomic E-state index is 10.5. The minimum Gasteiger partial charge on any atom is -0.507 e. The summed E-state index contributed by atoms with van der Waals surface area (Å²) < 4.78 is 5.46. The summed E-state index contributed by atoms with van der Waals surface area (Å²) in [6, 6.07) is 8.29. The van der Waals surface area contributed by atoms with Gasteiger partial charge in [0.05, 0.1) is 5.56 Å². The molecule has 17 heavy (non-hydrogen) atoms. The summed E-state index contributed by atoms with van der Waals surface area (Å²) in [7, 11) is 0. The number of hydrogen-bond donors (Lipinski definition) is 1. The third kappa shape index (κ3) is 2.81. The Morgan fingerprint density at radius 2 is 2.24 bits per heavy atom. The van der Waals surface area contributed by atoms with Crippen molar-refractivity contribution < 1.29 is 14.6 Å². The molecular weight excluding hydrogens is 218 g/mol. The van der Waals surface area contributed by atoms with Crippen LogP contribution in [0.2, 0.25) is 0 Å². The molecule has 2 rings (SSSR count). The number of nitrogens with zero attached hydrogens (tertiary/aromatic N) is 1. The highest BCUT2D eigenvalue weighted by molar-refractivity contribution is 5.79. The van der Waals surface area contributed by atoms with Crippen LogP contribution in [-0.2, 0) is 6.61 Å². The van der Waals surface area contributed by atoms with Gasteiger partial charge in [-0.3, -0.25) is 9.78 Å². The zero-order chi connectivity index (χ0) is 12.1. The van der Waals surface area contributed by atoms with Gasteiger partial charge in [0.1, 0.15) is 18.1 Å². The second-order valence-corrected chi connectivity index (χ2v) is 3.49. The van der Waals surface area contributed by atoms with Gasteiger partial charge >= 0.3 is 0 Å². The van der Waals surface area contributed by atoms with E-state index in [1.54, 1.807) is 18.5 Å². The highest BCUT2D eigenvalue weighted by Gasteiger charge is 2.02. The Hall–Kier alpha value is -2.36. The summed E-state index contributed by atoms with van der Waals surface area (Å²) in [6.45, 7) is 0.369. The summed E-state index contributed by atoms with van der Waals surface area (Å²) in [6.07, 6.45) is 3.99. The number of aromatic nitrogens is 1. The number of rotatable bonds is 4. The van der Waals surface area contributed by atoms with Crippen LogP contribution in [0.25, 0.3) is 0 Å². The van der Waals surface area contributed by atoms with E-state index in [0.29, 0.717) is 18.6 Å². The largest absolute Gasteiger partial charge is 0.507 e. The molecule has 1 aromatic heterocycles. The monoisotopic (exact) mass is 229 g/mol. The lowest BCUT2D eigenvalue weighted by Crippen LogP contribution is -1.96. The molecule has 0 aliphatic heterocycles. The molecule has 0 radical (unpaired) electrons. The molecule has 0 aliphatic rings. The van der Waals surface area contributed by atoms with E-state index in [4.69, 9.17) is 4.74 Å². The quantitative estimate of drug-likeness (QED) is 0.816. The number of phenolic OH excluding ortho intramolecular Hbond substituents is 1. The van der Waals surface area contributed by atoms with Crippen molar-refractivity contribution in [3.8, 4) is 11.5 Å². The first-order valence-electron chi connectivity index (χ1n) is 5.09. The first-order valence-corrected chi connectivity index (χ1v) is 5.09. The summed E-state index contributed by atoms with van der Waals surface area (Å²) >= 11 is 0. The van der Waals surface area contributed by atoms with Crippen LogP contribution in [0.15, 0.2) is 42.7 Å². The lowest BCUT2D eigenvalue weighted by atomic mass is 10.2. The molecule has 86 valence electrons. The van der Waals surface area contributed by atoms with E-state index in [1.807, 2.05) is 12.1 Å². The molecule has 0 spiro atoms. The molecule has 0 aliphatic carbocycles. The van der Waals surface area contributed by atoms with Crippen LogP contribution in [0.1, 0.15) is 15.9 Å². The molecule has 0 saturated heterocycles. The molecule has 4 heteroatoms. The highest BCUT2D eigenvalue weighted by Crippen LogP contribution is 2.22. The van der Waals surface area contributed by atoms with Crippen LogP contribution in [0.3, 0.4) is 0 Å². The molecule has 0 saturated carbocycles. The molecular formula is C13H11NO3. The number of benzene rings is 1. The number of phenols is 1. The number of aldehydes is 1. The predicted octanol–water partition coefficient (Wildman–Crippen LogP) is 2.18. The van der Waals surface area contributed by atoms with Crippen molar-refractivity contribution in [2.75, 3.05) is 0 Å². The molecule has 0 fully saturated rings. The topological polar surface area (TPSA) is 59.4 Å². The fourth-order valence-electron chi connectivity index (χ4n) is 1.36.